The molecule has 2 N–H and O–H groups in total. The molecule has 0 aliphatic heterocycles. The zero-order valence-corrected chi connectivity index (χ0v) is 15.5. The van der Waals surface area contributed by atoms with Crippen molar-refractivity contribution in [1.29, 1.82) is 0 Å². The van der Waals surface area contributed by atoms with E-state index in [0.29, 0.717) is 0 Å². The Morgan fingerprint density at radius 2 is 1.64 bits per heavy atom. The van der Waals surface area contributed by atoms with Crippen LogP contribution in [0.5, 0.6) is 5.75 Å². The molecule has 0 unspecified atom stereocenters. The van der Waals surface area contributed by atoms with E-state index in [-0.39, 0.29) is 121 Å². The number of carboxylic acids is 1. The van der Waals surface area contributed by atoms with Crippen LogP contribution in [0, 0.1) is 0 Å². The fourth-order valence-electron chi connectivity index (χ4n) is 0.745. The Bertz CT molecular complexity index is 353. The number of rotatable bonds is 1. The molecule has 0 atom stereocenters. The van der Waals surface area contributed by atoms with Crippen molar-refractivity contribution in [2.75, 3.05) is 0 Å². The van der Waals surface area contributed by atoms with Crippen LogP contribution in [0.25, 0.3) is 0 Å². The number of phenols is 1. The maximum atomic E-state index is 10.5. The summed E-state index contributed by atoms with van der Waals surface area (Å²) < 4.78 is 0. The number of benzene rings is 1. The van der Waals surface area contributed by atoms with E-state index in [0.717, 1.165) is 0 Å². The largest absolute Gasteiger partial charge is 1.00 e. The average molecular weight is 287 g/mol. The Kier molecular flexibility index (Phi) is 11.3. The normalized spacial score (nSPS) is 8.43. The van der Waals surface area contributed by atoms with Crippen LogP contribution in [0.2, 0.25) is 10.0 Å². The van der Waals surface area contributed by atoms with Gasteiger partial charge >= 0.3 is 109 Å². The van der Waals surface area contributed by atoms with Crippen molar-refractivity contribution in [2.45, 2.75) is 0 Å². The third-order valence-electron chi connectivity index (χ3n) is 1.29. The first kappa shape index (κ1) is 18.7. The van der Waals surface area contributed by atoms with Crippen molar-refractivity contribution in [3.8, 4) is 5.75 Å². The molecule has 3 nitrogen and oxygen atoms in total. The molecule has 0 saturated heterocycles. The first-order valence-electron chi connectivity index (χ1n) is 2.94. The molecular weight excluding hydrogens is 281 g/mol. The number of hydrogen-bond donors (Lipinski definition) is 2. The molecule has 68 valence electrons. The van der Waals surface area contributed by atoms with Crippen LogP contribution >= 0.6 is 23.2 Å². The monoisotopic (exact) mass is 286 g/mol. The second-order valence-corrected chi connectivity index (χ2v) is 2.87. The molecule has 1 aromatic rings. The van der Waals surface area contributed by atoms with E-state index < -0.39 is 11.7 Å². The van der Waals surface area contributed by atoms with Crippen molar-refractivity contribution < 1.29 is 121 Å². The molecule has 0 saturated carbocycles. The van der Waals surface area contributed by atoms with Crippen LogP contribution in [-0.4, -0.2) is 16.2 Å². The van der Waals surface area contributed by atoms with E-state index in [4.69, 9.17) is 33.4 Å². The minimum atomic E-state index is -1.31. The summed E-state index contributed by atoms with van der Waals surface area (Å²) in [5, 5.41) is 17.7. The van der Waals surface area contributed by atoms with E-state index >= 15 is 0 Å². The summed E-state index contributed by atoms with van der Waals surface area (Å²) in [5.74, 6) is -1.81. The van der Waals surface area contributed by atoms with Gasteiger partial charge in [0, 0.05) is 0 Å². The molecule has 14 heavy (non-hydrogen) atoms. The average Bonchev–Trinajstić information content (AvgIpc) is 1.97. The molecule has 0 spiro atoms. The van der Waals surface area contributed by atoms with E-state index in [9.17, 15) is 4.79 Å². The van der Waals surface area contributed by atoms with Gasteiger partial charge in [0.05, 0.1) is 10.0 Å². The number of carboxylic acid groups (broad SMARTS) is 1. The topological polar surface area (TPSA) is 57.5 Å². The molecule has 0 radical (unpaired) electrons. The maximum absolute atomic E-state index is 10.5. The second kappa shape index (κ2) is 8.44. The van der Waals surface area contributed by atoms with Gasteiger partial charge in [-0.05, 0) is 12.1 Å². The molecule has 1 rings (SSSR count). The summed E-state index contributed by atoms with van der Waals surface area (Å²) in [6.07, 6.45) is 0. The molecule has 7 heteroatoms. The van der Waals surface area contributed by atoms with Gasteiger partial charge in [0.1, 0.15) is 11.3 Å². The van der Waals surface area contributed by atoms with Crippen molar-refractivity contribution >= 4 is 29.2 Å². The molecular formula is C7H6Cl2K2O3. The molecule has 0 aliphatic rings. The Hall–Kier alpha value is 2.34. The van der Waals surface area contributed by atoms with Crippen molar-refractivity contribution in [3.63, 3.8) is 0 Å². The maximum Gasteiger partial charge on any atom is 1.00 e. The van der Waals surface area contributed by atoms with Crippen molar-refractivity contribution in [3.05, 3.63) is 27.7 Å². The minimum Gasteiger partial charge on any atom is -1.00 e. The molecule has 1 aromatic carbocycles. The number of aromatic hydroxyl groups is 1. The first-order valence-corrected chi connectivity index (χ1v) is 3.70. The Morgan fingerprint density at radius 1 is 1.21 bits per heavy atom. The Balaban J connectivity index is -0.000000180. The van der Waals surface area contributed by atoms with Gasteiger partial charge in [0.15, 0.2) is 0 Å². The Labute approximate surface area is 179 Å². The molecule has 0 fully saturated rings. The van der Waals surface area contributed by atoms with Gasteiger partial charge in [-0.15, -0.1) is 0 Å². The molecule has 0 heterocycles. The smallest absolute Gasteiger partial charge is 1.00 e. The quantitative estimate of drug-likeness (QED) is 0.530. The number of aromatic carboxylic acids is 1. The van der Waals surface area contributed by atoms with Gasteiger partial charge in [-0.3, -0.25) is 0 Å². The number of halogens is 2. The summed E-state index contributed by atoms with van der Waals surface area (Å²) in [7, 11) is 0. The zero-order chi connectivity index (χ0) is 9.30. The van der Waals surface area contributed by atoms with Gasteiger partial charge in [0.25, 0.3) is 0 Å². The second-order valence-electron chi connectivity index (χ2n) is 2.06. The summed E-state index contributed by atoms with van der Waals surface area (Å²) in [4.78, 5) is 10.5. The summed E-state index contributed by atoms with van der Waals surface area (Å²) >= 11 is 11.0. The molecule has 0 aliphatic carbocycles. The fraction of sp³-hybridized carbons (Fsp3) is 0. The summed E-state index contributed by atoms with van der Waals surface area (Å²) in [5.41, 5.74) is -0.371. The van der Waals surface area contributed by atoms with Crippen LogP contribution in [0.3, 0.4) is 0 Å². The van der Waals surface area contributed by atoms with Crippen LogP contribution in [0.4, 0.5) is 0 Å². The van der Waals surface area contributed by atoms with Crippen LogP contribution < -0.4 is 103 Å². The molecule has 0 bridgehead atoms. The van der Waals surface area contributed by atoms with Gasteiger partial charge in [0.2, 0.25) is 0 Å². The van der Waals surface area contributed by atoms with E-state index in [1.807, 2.05) is 0 Å². The number of carbonyl (C=O) groups is 1. The third kappa shape index (κ3) is 4.69. The van der Waals surface area contributed by atoms with Crippen LogP contribution in [0.15, 0.2) is 12.1 Å². The SMILES string of the molecule is O=C(O)c1c(Cl)ccc(Cl)c1O.[H-].[H-].[K+].[K+]. The standard InChI is InChI=1S/C7H4Cl2O3.2K.2H/c8-3-1-2-4(9)6(10)5(3)7(11)12;;;;/h1-2,10H,(H,11,12);;;;/q;2*+1;2*-1. The Morgan fingerprint density at radius 3 is 2.00 bits per heavy atom. The minimum absolute atomic E-state index is 0. The predicted molar refractivity (Wildman–Crippen MR) is 47.3 cm³/mol. The van der Waals surface area contributed by atoms with E-state index in [1.54, 1.807) is 0 Å². The van der Waals surface area contributed by atoms with E-state index in [2.05, 4.69) is 0 Å². The third-order valence-corrected chi connectivity index (χ3v) is 1.91. The predicted octanol–water partition coefficient (Wildman–Crippen LogP) is -3.37. The van der Waals surface area contributed by atoms with Crippen molar-refractivity contribution in [2.24, 2.45) is 0 Å². The zero-order valence-electron chi connectivity index (χ0n) is 9.71. The van der Waals surface area contributed by atoms with Crippen molar-refractivity contribution in [1.82, 2.24) is 0 Å². The summed E-state index contributed by atoms with van der Waals surface area (Å²) in [6, 6.07) is 2.64. The van der Waals surface area contributed by atoms with Gasteiger partial charge in [-0.2, -0.15) is 0 Å². The van der Waals surface area contributed by atoms with E-state index in [1.165, 1.54) is 12.1 Å². The summed E-state index contributed by atoms with van der Waals surface area (Å²) in [6.45, 7) is 0. The van der Waals surface area contributed by atoms with Gasteiger partial charge in [-0.25, -0.2) is 4.79 Å². The van der Waals surface area contributed by atoms with Gasteiger partial charge < -0.3 is 13.1 Å². The first-order chi connectivity index (χ1) is 5.54. The fourth-order valence-corrected chi connectivity index (χ4v) is 1.14. The van der Waals surface area contributed by atoms with Crippen LogP contribution in [-0.2, 0) is 0 Å². The number of hydrogen-bond acceptors (Lipinski definition) is 2. The molecule has 0 amide bonds. The van der Waals surface area contributed by atoms with Crippen LogP contribution in [0.1, 0.15) is 13.2 Å². The van der Waals surface area contributed by atoms with Gasteiger partial charge in [-0.1, -0.05) is 23.2 Å². The molecule has 0 aromatic heterocycles.